The van der Waals surface area contributed by atoms with Crippen LogP contribution in [0.1, 0.15) is 77.8 Å². The van der Waals surface area contributed by atoms with Crippen LogP contribution in [0.4, 0.5) is 26.7 Å². The van der Waals surface area contributed by atoms with E-state index in [9.17, 15) is 31.5 Å². The van der Waals surface area contributed by atoms with Crippen molar-refractivity contribution in [3.63, 3.8) is 0 Å². The van der Waals surface area contributed by atoms with Gasteiger partial charge in [-0.15, -0.1) is 0 Å². The monoisotopic (exact) mass is 599 g/mol. The molecule has 1 aliphatic carbocycles. The average Bonchev–Trinajstić information content (AvgIpc) is 3.63. The van der Waals surface area contributed by atoms with Gasteiger partial charge in [0.1, 0.15) is 23.0 Å². The topological polar surface area (TPSA) is 137 Å². The number of amides is 3. The lowest BCUT2D eigenvalue weighted by atomic mass is 9.76. The number of halogens is 5. The molecule has 2 fully saturated rings. The Morgan fingerprint density at radius 3 is 2.71 bits per heavy atom. The van der Waals surface area contributed by atoms with Gasteiger partial charge in [-0.1, -0.05) is 18.1 Å². The van der Waals surface area contributed by atoms with Gasteiger partial charge in [-0.05, 0) is 42.9 Å². The molecule has 3 aromatic rings. The van der Waals surface area contributed by atoms with E-state index < -0.39 is 60.9 Å². The van der Waals surface area contributed by atoms with Gasteiger partial charge in [0.25, 0.3) is 5.91 Å². The molecule has 0 spiro atoms. The number of carbonyl (C=O) groups is 2. The molecule has 2 aliphatic rings. The van der Waals surface area contributed by atoms with Crippen LogP contribution in [0.25, 0.3) is 11.1 Å². The summed E-state index contributed by atoms with van der Waals surface area (Å²) in [6.45, 7) is 1.03. The summed E-state index contributed by atoms with van der Waals surface area (Å²) in [5.41, 5.74) is 6.87. The molecule has 228 valence electrons. The Kier molecular flexibility index (Phi) is 7.89. The first-order valence-corrected chi connectivity index (χ1v) is 13.5. The Balaban J connectivity index is 1.55. The second-order valence-electron chi connectivity index (χ2n) is 10.7. The fourth-order valence-corrected chi connectivity index (χ4v) is 5.92. The van der Waals surface area contributed by atoms with Crippen LogP contribution >= 0.6 is 0 Å². The van der Waals surface area contributed by atoms with Crippen molar-refractivity contribution in [2.24, 2.45) is 11.7 Å². The third-order valence-corrected chi connectivity index (χ3v) is 7.92. The molecule has 2 aromatic heterocycles. The molecule has 1 aromatic carbocycles. The first-order chi connectivity index (χ1) is 19.8. The molecule has 1 aliphatic heterocycles. The normalized spacial score (nSPS) is 22.4. The van der Waals surface area contributed by atoms with Crippen molar-refractivity contribution in [1.29, 1.82) is 0 Å². The number of nitrogens with zero attached hydrogens (tertiary/aromatic N) is 3. The Morgan fingerprint density at radius 1 is 1.33 bits per heavy atom. The van der Waals surface area contributed by atoms with E-state index in [4.69, 9.17) is 19.4 Å². The van der Waals surface area contributed by atoms with Gasteiger partial charge in [-0.3, -0.25) is 4.79 Å². The zero-order valence-electron chi connectivity index (χ0n) is 22.8. The number of ether oxygens (including phenoxy) is 1. The number of methoxy groups -OCH3 is 1. The van der Waals surface area contributed by atoms with Gasteiger partial charge in [0.2, 0.25) is 11.8 Å². The van der Waals surface area contributed by atoms with E-state index in [0.717, 1.165) is 4.90 Å². The van der Waals surface area contributed by atoms with E-state index in [0.29, 0.717) is 18.4 Å². The fraction of sp³-hybridized carbons (Fsp3) is 0.556. The molecule has 0 bridgehead atoms. The number of nitrogens with one attached hydrogen (secondary N) is 1. The SMILES string of the molecule is CCc1noc(C(c2nc3cc(C(COC)N4CC(C(F)(F)F)NC4=O)ccc3o2)C2CCCC(F)(F)C2)c1C(N)=O. The summed E-state index contributed by atoms with van der Waals surface area (Å²) in [6.07, 6.45) is -4.47. The number of hydrogen-bond donors (Lipinski definition) is 2. The van der Waals surface area contributed by atoms with E-state index in [1.165, 1.54) is 13.2 Å². The smallest absolute Gasteiger partial charge is 0.410 e. The maximum absolute atomic E-state index is 14.6. The van der Waals surface area contributed by atoms with Gasteiger partial charge in [-0.25, -0.2) is 18.6 Å². The molecule has 4 unspecified atom stereocenters. The Bertz CT molecular complexity index is 1470. The number of carbonyl (C=O) groups excluding carboxylic acids is 2. The first kappa shape index (κ1) is 29.7. The Morgan fingerprint density at radius 2 is 2.10 bits per heavy atom. The summed E-state index contributed by atoms with van der Waals surface area (Å²) in [6, 6.07) is 0.822. The highest BCUT2D eigenvalue weighted by atomic mass is 19.4. The van der Waals surface area contributed by atoms with Gasteiger partial charge < -0.3 is 29.6 Å². The molecule has 1 saturated carbocycles. The van der Waals surface area contributed by atoms with Crippen LogP contribution in [0.15, 0.2) is 27.1 Å². The van der Waals surface area contributed by atoms with Gasteiger partial charge >= 0.3 is 12.2 Å². The quantitative estimate of drug-likeness (QED) is 0.328. The van der Waals surface area contributed by atoms with Crippen LogP contribution < -0.4 is 11.1 Å². The lowest BCUT2D eigenvalue weighted by molar-refractivity contribution is -0.150. The van der Waals surface area contributed by atoms with E-state index in [1.54, 1.807) is 19.1 Å². The highest BCUT2D eigenvalue weighted by Crippen LogP contribution is 2.47. The van der Waals surface area contributed by atoms with Gasteiger partial charge in [0, 0.05) is 20.0 Å². The van der Waals surface area contributed by atoms with Crippen LogP contribution in [0.5, 0.6) is 0 Å². The van der Waals surface area contributed by atoms with Crippen molar-refractivity contribution in [3.8, 4) is 0 Å². The van der Waals surface area contributed by atoms with Crippen molar-refractivity contribution in [3.05, 3.63) is 46.7 Å². The minimum Gasteiger partial charge on any atom is -0.440 e. The van der Waals surface area contributed by atoms with Crippen molar-refractivity contribution in [2.45, 2.75) is 69.1 Å². The minimum atomic E-state index is -4.62. The maximum Gasteiger partial charge on any atom is 0.410 e. The number of primary amides is 1. The van der Waals surface area contributed by atoms with E-state index in [-0.39, 0.29) is 53.5 Å². The molecular formula is C27H30F5N5O5. The van der Waals surface area contributed by atoms with E-state index in [2.05, 4.69) is 10.1 Å². The fourth-order valence-electron chi connectivity index (χ4n) is 5.92. The third-order valence-electron chi connectivity index (χ3n) is 7.92. The summed E-state index contributed by atoms with van der Waals surface area (Å²) in [5.74, 6) is -5.49. The number of alkyl halides is 5. The lowest BCUT2D eigenvalue weighted by Crippen LogP contribution is -2.40. The van der Waals surface area contributed by atoms with Crippen LogP contribution in [-0.4, -0.2) is 65.4 Å². The van der Waals surface area contributed by atoms with E-state index in [1.807, 2.05) is 5.32 Å². The third kappa shape index (κ3) is 5.65. The molecule has 3 N–H and O–H groups in total. The standard InChI is InChI=1S/C27H30F5N5O5/c1-3-15-21(23(33)38)22(42-36-15)20(14-5-4-8-26(28,29)10-14)24-34-16-9-13(6-7-18(16)41-24)17(12-40-2)37-11-19(27(30,31)32)35-25(37)39/h6-7,9,14,17,19-20H,3-5,8,10-12H2,1-2H3,(H2,33,38)(H,35,39). The van der Waals surface area contributed by atoms with Crippen LogP contribution in [0.3, 0.4) is 0 Å². The average molecular weight is 600 g/mol. The van der Waals surface area contributed by atoms with Crippen molar-refractivity contribution in [1.82, 2.24) is 20.4 Å². The second kappa shape index (κ2) is 11.2. The van der Waals surface area contributed by atoms with E-state index >= 15 is 0 Å². The number of oxazole rings is 1. The van der Waals surface area contributed by atoms with Gasteiger partial charge in [-0.2, -0.15) is 13.2 Å². The molecule has 3 heterocycles. The highest BCUT2D eigenvalue weighted by molar-refractivity contribution is 5.95. The van der Waals surface area contributed by atoms with Crippen molar-refractivity contribution < 1.29 is 45.2 Å². The van der Waals surface area contributed by atoms with Gasteiger partial charge in [0.15, 0.2) is 11.3 Å². The number of nitrogens with two attached hydrogens (primary N) is 1. The summed E-state index contributed by atoms with van der Waals surface area (Å²) >= 11 is 0. The van der Waals surface area contributed by atoms with Gasteiger partial charge in [0.05, 0.1) is 24.9 Å². The molecule has 3 amide bonds. The van der Waals surface area contributed by atoms with Crippen molar-refractivity contribution >= 4 is 23.0 Å². The molecule has 0 radical (unpaired) electrons. The number of urea groups is 1. The predicted molar refractivity (Wildman–Crippen MR) is 137 cm³/mol. The Hall–Kier alpha value is -3.75. The highest BCUT2D eigenvalue weighted by Gasteiger charge is 2.49. The molecular weight excluding hydrogens is 569 g/mol. The predicted octanol–water partition coefficient (Wildman–Crippen LogP) is 5.08. The number of hydrogen-bond acceptors (Lipinski definition) is 7. The van der Waals surface area contributed by atoms with Crippen molar-refractivity contribution in [2.75, 3.05) is 20.3 Å². The summed E-state index contributed by atoms with van der Waals surface area (Å²) < 4.78 is 85.8. The second-order valence-corrected chi connectivity index (χ2v) is 10.7. The maximum atomic E-state index is 14.6. The zero-order valence-corrected chi connectivity index (χ0v) is 22.8. The number of fused-ring (bicyclic) bond motifs is 1. The number of aromatic nitrogens is 2. The molecule has 15 heteroatoms. The first-order valence-electron chi connectivity index (χ1n) is 13.5. The Labute approximate surface area is 236 Å². The largest absolute Gasteiger partial charge is 0.440 e. The molecule has 4 atom stereocenters. The zero-order chi connectivity index (χ0) is 30.4. The number of aryl methyl sites for hydroxylation is 1. The lowest BCUT2D eigenvalue weighted by Gasteiger charge is -2.32. The summed E-state index contributed by atoms with van der Waals surface area (Å²) in [4.78, 5) is 30.5. The molecule has 5 rings (SSSR count). The summed E-state index contributed by atoms with van der Waals surface area (Å²) in [5, 5.41) is 5.90. The summed E-state index contributed by atoms with van der Waals surface area (Å²) in [7, 11) is 1.36. The molecule has 42 heavy (non-hydrogen) atoms. The molecule has 1 saturated heterocycles. The molecule has 10 nitrogen and oxygen atoms in total. The number of rotatable bonds is 9. The van der Waals surface area contributed by atoms with Crippen LogP contribution in [0.2, 0.25) is 0 Å². The van der Waals surface area contributed by atoms with Crippen LogP contribution in [-0.2, 0) is 11.2 Å². The minimum absolute atomic E-state index is 0.00115. The van der Waals surface area contributed by atoms with Crippen LogP contribution in [0, 0.1) is 5.92 Å². The number of benzene rings is 1.